The number of unbranched alkanes of at least 4 members (excludes halogenated alkanes) is 1. The van der Waals surface area contributed by atoms with Crippen LogP contribution in [-0.4, -0.2) is 15.7 Å². The summed E-state index contributed by atoms with van der Waals surface area (Å²) in [5.74, 6) is -0.221. The van der Waals surface area contributed by atoms with Gasteiger partial charge in [0.05, 0.1) is 0 Å². The van der Waals surface area contributed by atoms with Gasteiger partial charge in [0.25, 0.3) is 0 Å². The van der Waals surface area contributed by atoms with Crippen LogP contribution in [0.5, 0.6) is 0 Å². The molecule has 0 aliphatic rings. The first-order valence-corrected chi connectivity index (χ1v) is 6.50. The summed E-state index contributed by atoms with van der Waals surface area (Å²) in [6.45, 7) is 11.8. The summed E-state index contributed by atoms with van der Waals surface area (Å²) in [6, 6.07) is 0. The maximum Gasteiger partial charge on any atom is 0.319 e. The second kappa shape index (κ2) is 6.01. The quantitative estimate of drug-likeness (QED) is 0.502. The molecule has 0 N–H and O–H groups in total. The number of carbonyl (C=O) groups is 1. The first-order chi connectivity index (χ1) is 6.39. The molecule has 82 valence electrons. The van der Waals surface area contributed by atoms with Crippen molar-refractivity contribution >= 4 is 15.7 Å². The Morgan fingerprint density at radius 2 is 2.07 bits per heavy atom. The lowest BCUT2D eigenvalue weighted by Gasteiger charge is -2.23. The molecular formula is C11H22O2Si. The van der Waals surface area contributed by atoms with Crippen LogP contribution in [-0.2, 0) is 9.22 Å². The standard InChI is InChI=1S/C11H22O2Si/c1-6-7-8-11(4,5)14-13-10(12)9(2)3/h2,6-8,14H2,1,3-5H3. The molecule has 0 aromatic heterocycles. The molecule has 0 spiro atoms. The molecule has 0 fully saturated rings. The van der Waals surface area contributed by atoms with Crippen molar-refractivity contribution in [3.63, 3.8) is 0 Å². The molecule has 0 saturated carbocycles. The van der Waals surface area contributed by atoms with Crippen LogP contribution in [0.2, 0.25) is 5.04 Å². The molecule has 14 heavy (non-hydrogen) atoms. The Balaban J connectivity index is 3.86. The topological polar surface area (TPSA) is 26.3 Å². The Morgan fingerprint density at radius 1 is 1.50 bits per heavy atom. The average molecular weight is 214 g/mol. The van der Waals surface area contributed by atoms with E-state index in [1.807, 2.05) is 0 Å². The molecule has 2 nitrogen and oxygen atoms in total. The minimum Gasteiger partial charge on any atom is -0.521 e. The minimum atomic E-state index is -0.782. The van der Waals surface area contributed by atoms with E-state index in [1.165, 1.54) is 12.8 Å². The second-order valence-electron chi connectivity index (χ2n) is 4.62. The molecule has 0 unspecified atom stereocenters. The Labute approximate surface area is 89.7 Å². The normalized spacial score (nSPS) is 12.0. The first-order valence-electron chi connectivity index (χ1n) is 5.21. The van der Waals surface area contributed by atoms with Crippen molar-refractivity contribution in [1.82, 2.24) is 0 Å². The number of hydrogen-bond acceptors (Lipinski definition) is 2. The van der Waals surface area contributed by atoms with Crippen LogP contribution in [0, 0.1) is 0 Å². The molecule has 0 bridgehead atoms. The van der Waals surface area contributed by atoms with E-state index < -0.39 is 9.76 Å². The third-order valence-corrected chi connectivity index (χ3v) is 3.69. The molecule has 0 rings (SSSR count). The van der Waals surface area contributed by atoms with Crippen LogP contribution >= 0.6 is 0 Å². The SMILES string of the molecule is C=C(C)C(=O)O[SiH2]C(C)(C)CCCC. The summed E-state index contributed by atoms with van der Waals surface area (Å²) in [5, 5.41) is 0.223. The highest BCUT2D eigenvalue weighted by Crippen LogP contribution is 2.29. The lowest BCUT2D eigenvalue weighted by Crippen LogP contribution is -2.20. The molecule has 0 aromatic rings. The van der Waals surface area contributed by atoms with Crippen molar-refractivity contribution in [2.45, 2.75) is 52.0 Å². The van der Waals surface area contributed by atoms with Gasteiger partial charge in [0.15, 0.2) is 0 Å². The predicted octanol–water partition coefficient (Wildman–Crippen LogP) is 2.58. The van der Waals surface area contributed by atoms with E-state index in [9.17, 15) is 4.79 Å². The van der Waals surface area contributed by atoms with E-state index in [2.05, 4.69) is 27.4 Å². The van der Waals surface area contributed by atoms with Gasteiger partial charge in [0, 0.05) is 5.57 Å². The molecule has 0 aliphatic heterocycles. The van der Waals surface area contributed by atoms with E-state index in [0.717, 1.165) is 6.42 Å². The van der Waals surface area contributed by atoms with E-state index in [4.69, 9.17) is 4.43 Å². The van der Waals surface area contributed by atoms with Crippen LogP contribution < -0.4 is 0 Å². The Kier molecular flexibility index (Phi) is 5.77. The van der Waals surface area contributed by atoms with Crippen LogP contribution in [0.15, 0.2) is 12.2 Å². The third kappa shape index (κ3) is 5.97. The molecule has 0 saturated heterocycles. The maximum atomic E-state index is 11.2. The fourth-order valence-electron chi connectivity index (χ4n) is 1.11. The van der Waals surface area contributed by atoms with E-state index in [0.29, 0.717) is 5.57 Å². The van der Waals surface area contributed by atoms with Crippen LogP contribution in [0.1, 0.15) is 47.0 Å². The van der Waals surface area contributed by atoms with Gasteiger partial charge in [-0.1, -0.05) is 40.2 Å². The van der Waals surface area contributed by atoms with Crippen molar-refractivity contribution < 1.29 is 9.22 Å². The molecule has 0 amide bonds. The molecule has 0 atom stereocenters. The zero-order valence-electron chi connectivity index (χ0n) is 9.85. The van der Waals surface area contributed by atoms with Crippen LogP contribution in [0.25, 0.3) is 0 Å². The number of hydrogen-bond donors (Lipinski definition) is 0. The molecule has 0 heterocycles. The van der Waals surface area contributed by atoms with Crippen molar-refractivity contribution in [3.05, 3.63) is 12.2 Å². The lowest BCUT2D eigenvalue weighted by atomic mass is 10.1. The smallest absolute Gasteiger partial charge is 0.319 e. The van der Waals surface area contributed by atoms with Crippen LogP contribution in [0.3, 0.4) is 0 Å². The Bertz CT molecular complexity index is 209. The molecule has 0 aliphatic carbocycles. The van der Waals surface area contributed by atoms with Crippen molar-refractivity contribution in [2.24, 2.45) is 0 Å². The summed E-state index contributed by atoms with van der Waals surface area (Å²) < 4.78 is 5.27. The zero-order valence-corrected chi connectivity index (χ0v) is 11.3. The zero-order chi connectivity index (χ0) is 11.2. The van der Waals surface area contributed by atoms with E-state index in [-0.39, 0.29) is 11.0 Å². The fraction of sp³-hybridized carbons (Fsp3) is 0.727. The van der Waals surface area contributed by atoms with Gasteiger partial charge in [0.1, 0.15) is 0 Å². The lowest BCUT2D eigenvalue weighted by molar-refractivity contribution is -0.130. The molecule has 0 aromatic carbocycles. The van der Waals surface area contributed by atoms with Crippen LogP contribution in [0.4, 0.5) is 0 Å². The van der Waals surface area contributed by atoms with Gasteiger partial charge in [-0.15, -0.1) is 0 Å². The van der Waals surface area contributed by atoms with Gasteiger partial charge in [-0.3, -0.25) is 0 Å². The predicted molar refractivity (Wildman–Crippen MR) is 63.0 cm³/mol. The molecule has 0 radical (unpaired) electrons. The Morgan fingerprint density at radius 3 is 2.50 bits per heavy atom. The van der Waals surface area contributed by atoms with Gasteiger partial charge >= 0.3 is 5.97 Å². The summed E-state index contributed by atoms with van der Waals surface area (Å²) in [5.41, 5.74) is 0.504. The summed E-state index contributed by atoms with van der Waals surface area (Å²) in [4.78, 5) is 11.2. The highest BCUT2D eigenvalue weighted by Gasteiger charge is 2.20. The first kappa shape index (κ1) is 13.4. The Hall–Kier alpha value is -0.573. The summed E-state index contributed by atoms with van der Waals surface area (Å²) in [6.07, 6.45) is 3.57. The highest BCUT2D eigenvalue weighted by atomic mass is 28.2. The second-order valence-corrected chi connectivity index (χ2v) is 7.12. The summed E-state index contributed by atoms with van der Waals surface area (Å²) in [7, 11) is -0.782. The van der Waals surface area contributed by atoms with Gasteiger partial charge < -0.3 is 4.43 Å². The van der Waals surface area contributed by atoms with Crippen molar-refractivity contribution in [2.75, 3.05) is 0 Å². The summed E-state index contributed by atoms with van der Waals surface area (Å²) >= 11 is 0. The minimum absolute atomic E-state index is 0.221. The number of carbonyl (C=O) groups excluding carboxylic acids is 1. The molecular weight excluding hydrogens is 192 g/mol. The van der Waals surface area contributed by atoms with Gasteiger partial charge in [-0.25, -0.2) is 4.79 Å². The largest absolute Gasteiger partial charge is 0.521 e. The van der Waals surface area contributed by atoms with Gasteiger partial charge in [-0.2, -0.15) is 0 Å². The number of rotatable bonds is 6. The third-order valence-electron chi connectivity index (χ3n) is 2.15. The maximum absolute atomic E-state index is 11.2. The van der Waals surface area contributed by atoms with E-state index in [1.54, 1.807) is 6.92 Å². The highest BCUT2D eigenvalue weighted by molar-refractivity contribution is 6.35. The van der Waals surface area contributed by atoms with Crippen molar-refractivity contribution in [3.8, 4) is 0 Å². The van der Waals surface area contributed by atoms with Gasteiger partial charge in [0.2, 0.25) is 9.76 Å². The van der Waals surface area contributed by atoms with E-state index >= 15 is 0 Å². The van der Waals surface area contributed by atoms with Gasteiger partial charge in [-0.05, 0) is 18.4 Å². The molecule has 3 heteroatoms. The fourth-order valence-corrected chi connectivity index (χ4v) is 2.27. The van der Waals surface area contributed by atoms with Crippen molar-refractivity contribution in [1.29, 1.82) is 0 Å². The monoisotopic (exact) mass is 214 g/mol. The average Bonchev–Trinajstić information content (AvgIpc) is 2.11.